The highest BCUT2D eigenvalue weighted by molar-refractivity contribution is 7.09. The maximum Gasteiger partial charge on any atom is 0.0987 e. The van der Waals surface area contributed by atoms with Crippen LogP contribution in [0.25, 0.3) is 0 Å². The average Bonchev–Trinajstić information content (AvgIpc) is 2.90. The summed E-state index contributed by atoms with van der Waals surface area (Å²) in [5.74, 6) is 1.10. The molecule has 3 nitrogen and oxygen atoms in total. The van der Waals surface area contributed by atoms with Gasteiger partial charge < -0.3 is 5.73 Å². The first-order chi connectivity index (χ1) is 10.3. The van der Waals surface area contributed by atoms with Crippen LogP contribution in [0, 0.1) is 5.92 Å². The van der Waals surface area contributed by atoms with Crippen molar-refractivity contribution in [2.24, 2.45) is 11.7 Å². The number of nitrogens with two attached hydrogens (primary N) is 1. The Labute approximate surface area is 140 Å². The van der Waals surface area contributed by atoms with Crippen LogP contribution >= 0.6 is 11.3 Å². The molecule has 1 fully saturated rings. The summed E-state index contributed by atoms with van der Waals surface area (Å²) in [6, 6.07) is 0.570. The number of aromatic nitrogens is 1. The quantitative estimate of drug-likeness (QED) is 0.891. The summed E-state index contributed by atoms with van der Waals surface area (Å²) in [6.45, 7) is 14.4. The van der Waals surface area contributed by atoms with E-state index in [2.05, 4.69) is 44.9 Å². The molecule has 1 saturated heterocycles. The molecule has 2 atom stereocenters. The summed E-state index contributed by atoms with van der Waals surface area (Å²) in [4.78, 5) is 7.62. The molecule has 0 bridgehead atoms. The fraction of sp³-hybridized carbons (Fsp3) is 0.833. The van der Waals surface area contributed by atoms with Gasteiger partial charge in [-0.1, -0.05) is 41.0 Å². The second-order valence-corrected chi connectivity index (χ2v) is 9.00. The van der Waals surface area contributed by atoms with E-state index in [0.29, 0.717) is 24.4 Å². The van der Waals surface area contributed by atoms with E-state index in [0.717, 1.165) is 0 Å². The van der Waals surface area contributed by atoms with Crippen molar-refractivity contribution in [2.45, 2.75) is 71.3 Å². The van der Waals surface area contributed by atoms with Crippen LogP contribution in [0.1, 0.15) is 70.5 Å². The molecular formula is C18H33N3S. The van der Waals surface area contributed by atoms with Gasteiger partial charge in [0.25, 0.3) is 0 Å². The third kappa shape index (κ3) is 4.30. The van der Waals surface area contributed by atoms with Crippen molar-refractivity contribution < 1.29 is 0 Å². The molecule has 1 aromatic heterocycles. The lowest BCUT2D eigenvalue weighted by Gasteiger charge is -2.40. The van der Waals surface area contributed by atoms with Crippen molar-refractivity contribution in [2.75, 3.05) is 19.6 Å². The zero-order chi connectivity index (χ0) is 16.3. The van der Waals surface area contributed by atoms with Crippen LogP contribution in [0.4, 0.5) is 0 Å². The summed E-state index contributed by atoms with van der Waals surface area (Å²) in [5.41, 5.74) is 7.52. The predicted octanol–water partition coefficient (Wildman–Crippen LogP) is 3.99. The molecule has 2 unspecified atom stereocenters. The molecule has 1 aliphatic rings. The molecule has 22 heavy (non-hydrogen) atoms. The molecule has 2 heterocycles. The second-order valence-electron chi connectivity index (χ2n) is 8.12. The molecule has 0 amide bonds. The van der Waals surface area contributed by atoms with Gasteiger partial charge in [-0.05, 0) is 25.3 Å². The van der Waals surface area contributed by atoms with E-state index >= 15 is 0 Å². The highest BCUT2D eigenvalue weighted by Gasteiger charge is 2.32. The Morgan fingerprint density at radius 2 is 2.09 bits per heavy atom. The highest BCUT2D eigenvalue weighted by Crippen LogP contribution is 2.34. The first-order valence-electron chi connectivity index (χ1n) is 8.73. The number of rotatable bonds is 5. The van der Waals surface area contributed by atoms with E-state index in [-0.39, 0.29) is 5.41 Å². The average molecular weight is 324 g/mol. The van der Waals surface area contributed by atoms with Crippen LogP contribution in [0.2, 0.25) is 0 Å². The maximum atomic E-state index is 6.19. The van der Waals surface area contributed by atoms with Crippen LogP contribution in [-0.4, -0.2) is 35.6 Å². The van der Waals surface area contributed by atoms with Crippen molar-refractivity contribution in [3.63, 3.8) is 0 Å². The fourth-order valence-electron chi connectivity index (χ4n) is 3.39. The normalized spacial score (nSPS) is 22.2. The molecule has 126 valence electrons. The molecule has 0 aromatic carbocycles. The van der Waals surface area contributed by atoms with Gasteiger partial charge in [-0.25, -0.2) is 4.98 Å². The molecule has 1 aromatic rings. The van der Waals surface area contributed by atoms with Crippen LogP contribution in [0.5, 0.6) is 0 Å². The fourth-order valence-corrected chi connectivity index (χ4v) is 4.61. The van der Waals surface area contributed by atoms with E-state index in [1.807, 2.05) is 0 Å². The third-order valence-electron chi connectivity index (χ3n) is 4.59. The number of hydrogen-bond acceptors (Lipinski definition) is 4. The minimum atomic E-state index is 0.123. The zero-order valence-electron chi connectivity index (χ0n) is 14.9. The highest BCUT2D eigenvalue weighted by atomic mass is 32.1. The lowest BCUT2D eigenvalue weighted by atomic mass is 9.89. The summed E-state index contributed by atoms with van der Waals surface area (Å²) in [6.07, 6.45) is 3.91. The lowest BCUT2D eigenvalue weighted by Crippen LogP contribution is -2.46. The number of nitrogens with zero attached hydrogens (tertiary/aromatic N) is 2. The van der Waals surface area contributed by atoms with E-state index in [1.165, 1.54) is 43.1 Å². The van der Waals surface area contributed by atoms with Crippen LogP contribution in [0.15, 0.2) is 5.38 Å². The van der Waals surface area contributed by atoms with Crippen LogP contribution < -0.4 is 5.73 Å². The maximum absolute atomic E-state index is 6.19. The minimum Gasteiger partial charge on any atom is -0.330 e. The van der Waals surface area contributed by atoms with E-state index in [1.54, 1.807) is 11.3 Å². The molecule has 4 heteroatoms. The van der Waals surface area contributed by atoms with Gasteiger partial charge in [0, 0.05) is 35.8 Å². The van der Waals surface area contributed by atoms with Gasteiger partial charge in [0.2, 0.25) is 0 Å². The Morgan fingerprint density at radius 3 is 2.64 bits per heavy atom. The Kier molecular flexibility index (Phi) is 6.03. The summed E-state index contributed by atoms with van der Waals surface area (Å²) < 4.78 is 0. The molecule has 0 spiro atoms. The van der Waals surface area contributed by atoms with Gasteiger partial charge in [0.15, 0.2) is 0 Å². The largest absolute Gasteiger partial charge is 0.330 e. The Bertz CT molecular complexity index is 461. The molecule has 2 rings (SSSR count). The monoisotopic (exact) mass is 323 g/mol. The van der Waals surface area contributed by atoms with Crippen LogP contribution in [-0.2, 0) is 5.41 Å². The lowest BCUT2D eigenvalue weighted by molar-refractivity contribution is 0.112. The molecule has 0 aliphatic carbocycles. The number of likely N-dealkylation sites (tertiary alicyclic amines) is 1. The van der Waals surface area contributed by atoms with Gasteiger partial charge in [0.1, 0.15) is 0 Å². The topological polar surface area (TPSA) is 42.1 Å². The predicted molar refractivity (Wildman–Crippen MR) is 96.7 cm³/mol. The van der Waals surface area contributed by atoms with Gasteiger partial charge in [-0.15, -0.1) is 11.3 Å². The first-order valence-corrected chi connectivity index (χ1v) is 9.61. The minimum absolute atomic E-state index is 0.123. The molecule has 2 N–H and O–H groups in total. The van der Waals surface area contributed by atoms with Crippen molar-refractivity contribution in [3.05, 3.63) is 16.1 Å². The van der Waals surface area contributed by atoms with Crippen molar-refractivity contribution in [1.29, 1.82) is 0 Å². The van der Waals surface area contributed by atoms with E-state index < -0.39 is 0 Å². The summed E-state index contributed by atoms with van der Waals surface area (Å²) in [7, 11) is 0. The first kappa shape index (κ1) is 17.9. The molecule has 1 aliphatic heterocycles. The van der Waals surface area contributed by atoms with Crippen molar-refractivity contribution in [3.8, 4) is 0 Å². The third-order valence-corrected chi connectivity index (χ3v) is 5.57. The summed E-state index contributed by atoms with van der Waals surface area (Å²) in [5, 5.41) is 3.47. The van der Waals surface area contributed by atoms with Gasteiger partial charge in [0.05, 0.1) is 10.7 Å². The van der Waals surface area contributed by atoms with Crippen LogP contribution in [0.3, 0.4) is 0 Å². The molecule has 0 saturated carbocycles. The number of thiazole rings is 1. The SMILES string of the molecule is CC(C)CN1CCCCC1C(CN)c1nc(C(C)(C)C)cs1. The van der Waals surface area contributed by atoms with E-state index in [4.69, 9.17) is 10.7 Å². The second kappa shape index (κ2) is 7.41. The summed E-state index contributed by atoms with van der Waals surface area (Å²) >= 11 is 1.81. The number of hydrogen-bond donors (Lipinski definition) is 1. The van der Waals surface area contributed by atoms with E-state index in [9.17, 15) is 0 Å². The van der Waals surface area contributed by atoms with Crippen molar-refractivity contribution >= 4 is 11.3 Å². The molecule has 0 radical (unpaired) electrons. The Balaban J connectivity index is 2.19. The Hall–Kier alpha value is -0.450. The Morgan fingerprint density at radius 1 is 1.36 bits per heavy atom. The zero-order valence-corrected chi connectivity index (χ0v) is 15.7. The molecular weight excluding hydrogens is 290 g/mol. The van der Waals surface area contributed by atoms with Crippen molar-refractivity contribution in [1.82, 2.24) is 9.88 Å². The number of piperidine rings is 1. The smallest absolute Gasteiger partial charge is 0.0987 e. The van der Waals surface area contributed by atoms with Gasteiger partial charge >= 0.3 is 0 Å². The standard InChI is InChI=1S/C18H33N3S/c1-13(2)11-21-9-7-6-8-15(21)14(10-19)17-20-16(12-22-17)18(3,4)5/h12-15H,6-11,19H2,1-5H3. The van der Waals surface area contributed by atoms with Gasteiger partial charge in [-0.3, -0.25) is 4.90 Å². The van der Waals surface area contributed by atoms with Gasteiger partial charge in [-0.2, -0.15) is 0 Å².